The van der Waals surface area contributed by atoms with E-state index >= 15 is 0 Å². The Balaban J connectivity index is 2.13. The Hall–Kier alpha value is -1.73. The summed E-state index contributed by atoms with van der Waals surface area (Å²) in [7, 11) is 1.38. The van der Waals surface area contributed by atoms with Crippen LogP contribution in [0.4, 0.5) is 0 Å². The summed E-state index contributed by atoms with van der Waals surface area (Å²) in [5.41, 5.74) is 1.52. The number of hydrogen-bond acceptors (Lipinski definition) is 6. The minimum atomic E-state index is -0.392. The van der Waals surface area contributed by atoms with Crippen LogP contribution in [0.5, 0.6) is 0 Å². The van der Waals surface area contributed by atoms with Crippen LogP contribution in [0.3, 0.4) is 0 Å². The van der Waals surface area contributed by atoms with Gasteiger partial charge in [0.1, 0.15) is 5.25 Å². The van der Waals surface area contributed by atoms with E-state index in [1.165, 1.54) is 18.9 Å². The number of ether oxygens (including phenoxy) is 1. The minimum Gasteiger partial charge on any atom is -0.468 e. The lowest BCUT2D eigenvalue weighted by atomic mass is 10.2. The molecule has 0 N–H and O–H groups in total. The summed E-state index contributed by atoms with van der Waals surface area (Å²) in [6.45, 7) is 4.01. The van der Waals surface area contributed by atoms with Gasteiger partial charge in [-0.15, -0.1) is 11.8 Å². The summed E-state index contributed by atoms with van der Waals surface area (Å²) >= 11 is 2.87. The van der Waals surface area contributed by atoms with Crippen molar-refractivity contribution in [3.63, 3.8) is 0 Å². The van der Waals surface area contributed by atoms with Gasteiger partial charge in [-0.3, -0.25) is 14.2 Å². The van der Waals surface area contributed by atoms with Crippen molar-refractivity contribution in [2.24, 2.45) is 0 Å². The molecular weight excluding hydrogens is 356 g/mol. The molecule has 0 saturated heterocycles. The molecule has 0 radical (unpaired) electrons. The Morgan fingerprint density at radius 1 is 1.44 bits per heavy atom. The van der Waals surface area contributed by atoms with E-state index in [0.717, 1.165) is 17.8 Å². The fraction of sp³-hybridized carbons (Fsp3) is 0.389. The molecule has 25 heavy (non-hydrogen) atoms. The highest BCUT2D eigenvalue weighted by molar-refractivity contribution is 8.00. The highest BCUT2D eigenvalue weighted by Gasteiger charge is 2.29. The summed E-state index contributed by atoms with van der Waals surface area (Å²) < 4.78 is 6.49. The number of methoxy groups -OCH3 is 1. The first-order chi connectivity index (χ1) is 12.0. The first kappa shape index (κ1) is 18.1. The first-order valence-corrected chi connectivity index (χ1v) is 9.93. The molecule has 5 nitrogen and oxygen atoms in total. The molecule has 1 aliphatic heterocycles. The van der Waals surface area contributed by atoms with Crippen molar-refractivity contribution in [2.75, 3.05) is 7.11 Å². The largest absolute Gasteiger partial charge is 0.468 e. The Bertz CT molecular complexity index is 836. The molecule has 1 aliphatic rings. The second-order valence-corrected chi connectivity index (χ2v) is 8.44. The fourth-order valence-corrected chi connectivity index (χ4v) is 4.91. The van der Waals surface area contributed by atoms with Gasteiger partial charge < -0.3 is 4.74 Å². The van der Waals surface area contributed by atoms with Gasteiger partial charge in [-0.2, -0.15) is 0 Å². The molecule has 1 aromatic heterocycles. The number of benzene rings is 1. The molecule has 0 bridgehead atoms. The molecule has 3 rings (SSSR count). The molecule has 0 spiro atoms. The standard InChI is InChI=1S/C18H20N2O3S2/c1-4-14(17(22)23-3)25-18-19-13-10-11(2)24-15(13)16(21)20(18)12-8-6-5-7-9-12/h5-9,11,14H,4,10H2,1-3H3. The zero-order chi connectivity index (χ0) is 18.0. The van der Waals surface area contributed by atoms with Gasteiger partial charge >= 0.3 is 5.97 Å². The molecular formula is C18H20N2O3S2. The molecule has 2 aromatic rings. The van der Waals surface area contributed by atoms with Crippen molar-refractivity contribution in [1.82, 2.24) is 9.55 Å². The number of rotatable bonds is 5. The number of esters is 1. The van der Waals surface area contributed by atoms with E-state index in [0.29, 0.717) is 21.7 Å². The van der Waals surface area contributed by atoms with Crippen LogP contribution in [-0.2, 0) is 16.0 Å². The van der Waals surface area contributed by atoms with Crippen LogP contribution in [0, 0.1) is 0 Å². The predicted octanol–water partition coefficient (Wildman–Crippen LogP) is 3.31. The zero-order valence-corrected chi connectivity index (χ0v) is 16.0. The van der Waals surface area contributed by atoms with E-state index in [1.54, 1.807) is 16.3 Å². The quantitative estimate of drug-likeness (QED) is 0.453. The topological polar surface area (TPSA) is 61.2 Å². The summed E-state index contributed by atoms with van der Waals surface area (Å²) in [5.74, 6) is -0.301. The third-order valence-electron chi connectivity index (χ3n) is 3.98. The number of carbonyl (C=O) groups is 1. The Kier molecular flexibility index (Phi) is 5.54. The highest BCUT2D eigenvalue weighted by atomic mass is 32.2. The second-order valence-electron chi connectivity index (χ2n) is 5.82. The minimum absolute atomic E-state index is 0.0623. The highest BCUT2D eigenvalue weighted by Crippen LogP contribution is 2.35. The van der Waals surface area contributed by atoms with Gasteiger partial charge in [0.05, 0.1) is 23.4 Å². The number of hydrogen-bond donors (Lipinski definition) is 0. The summed E-state index contributed by atoms with van der Waals surface area (Å²) in [4.78, 5) is 30.6. The van der Waals surface area contributed by atoms with Gasteiger partial charge in [0, 0.05) is 11.7 Å². The smallest absolute Gasteiger partial charge is 0.319 e. The van der Waals surface area contributed by atoms with Crippen molar-refractivity contribution < 1.29 is 9.53 Å². The van der Waals surface area contributed by atoms with E-state index in [1.807, 2.05) is 37.3 Å². The van der Waals surface area contributed by atoms with Crippen molar-refractivity contribution in [2.45, 2.75) is 47.2 Å². The molecule has 7 heteroatoms. The number of para-hydroxylation sites is 1. The molecule has 0 amide bonds. The van der Waals surface area contributed by atoms with Crippen LogP contribution in [-0.4, -0.2) is 33.1 Å². The SMILES string of the molecule is CCC(Sc1nc2c(c(=O)n1-c1ccccc1)SC(C)C2)C(=O)OC. The summed E-state index contributed by atoms with van der Waals surface area (Å²) in [5, 5.41) is 0.487. The van der Waals surface area contributed by atoms with Crippen LogP contribution >= 0.6 is 23.5 Å². The average Bonchev–Trinajstić information content (AvgIpc) is 3.00. The maximum atomic E-state index is 13.1. The van der Waals surface area contributed by atoms with Gasteiger partial charge in [0.25, 0.3) is 5.56 Å². The summed E-state index contributed by atoms with van der Waals surface area (Å²) in [6, 6.07) is 9.43. The molecule has 2 unspecified atom stereocenters. The Morgan fingerprint density at radius 3 is 2.80 bits per heavy atom. The fourth-order valence-electron chi connectivity index (χ4n) is 2.74. The van der Waals surface area contributed by atoms with Crippen molar-refractivity contribution in [3.8, 4) is 5.69 Å². The molecule has 1 aromatic carbocycles. The lowest BCUT2D eigenvalue weighted by Crippen LogP contribution is -2.26. The molecule has 0 aliphatic carbocycles. The Morgan fingerprint density at radius 2 is 2.16 bits per heavy atom. The monoisotopic (exact) mass is 376 g/mol. The van der Waals surface area contributed by atoms with Crippen molar-refractivity contribution >= 4 is 29.5 Å². The number of thioether (sulfide) groups is 2. The molecule has 0 fully saturated rings. The van der Waals surface area contributed by atoms with Crippen LogP contribution in [0.25, 0.3) is 5.69 Å². The first-order valence-electron chi connectivity index (χ1n) is 8.17. The van der Waals surface area contributed by atoms with Crippen molar-refractivity contribution in [3.05, 3.63) is 46.4 Å². The molecule has 2 atom stereocenters. The Labute approximate surface area is 155 Å². The molecule has 132 valence electrons. The molecule has 0 saturated carbocycles. The number of carbonyl (C=O) groups excluding carboxylic acids is 1. The maximum absolute atomic E-state index is 13.1. The van der Waals surface area contributed by atoms with E-state index in [-0.39, 0.29) is 11.5 Å². The van der Waals surface area contributed by atoms with Crippen LogP contribution in [0.2, 0.25) is 0 Å². The van der Waals surface area contributed by atoms with E-state index in [2.05, 4.69) is 6.92 Å². The van der Waals surface area contributed by atoms with Crippen molar-refractivity contribution in [1.29, 1.82) is 0 Å². The normalized spacial score (nSPS) is 17.2. The third kappa shape index (κ3) is 3.62. The lowest BCUT2D eigenvalue weighted by Gasteiger charge is -2.17. The third-order valence-corrected chi connectivity index (χ3v) is 6.49. The number of nitrogens with zero attached hydrogens (tertiary/aromatic N) is 2. The van der Waals surface area contributed by atoms with Gasteiger partial charge in [0.15, 0.2) is 5.16 Å². The van der Waals surface area contributed by atoms with Gasteiger partial charge in [-0.1, -0.05) is 43.8 Å². The average molecular weight is 377 g/mol. The second kappa shape index (κ2) is 7.66. The van der Waals surface area contributed by atoms with Crippen LogP contribution in [0.15, 0.2) is 45.2 Å². The van der Waals surface area contributed by atoms with Crippen LogP contribution in [0.1, 0.15) is 26.0 Å². The van der Waals surface area contributed by atoms with E-state index < -0.39 is 5.25 Å². The van der Waals surface area contributed by atoms with Crippen LogP contribution < -0.4 is 5.56 Å². The number of aromatic nitrogens is 2. The lowest BCUT2D eigenvalue weighted by molar-refractivity contribution is -0.140. The van der Waals surface area contributed by atoms with E-state index in [4.69, 9.17) is 9.72 Å². The van der Waals surface area contributed by atoms with Gasteiger partial charge in [-0.25, -0.2) is 4.98 Å². The maximum Gasteiger partial charge on any atom is 0.319 e. The van der Waals surface area contributed by atoms with E-state index in [9.17, 15) is 9.59 Å². The predicted molar refractivity (Wildman–Crippen MR) is 101 cm³/mol. The number of fused-ring (bicyclic) bond motifs is 1. The molecule has 2 heterocycles. The van der Waals surface area contributed by atoms with Gasteiger partial charge in [-0.05, 0) is 18.6 Å². The zero-order valence-electron chi connectivity index (χ0n) is 14.4. The summed E-state index contributed by atoms with van der Waals surface area (Å²) in [6.07, 6.45) is 1.37. The van der Waals surface area contributed by atoms with Gasteiger partial charge in [0.2, 0.25) is 0 Å².